The number of nitrogens with zero attached hydrogens (tertiary/aromatic N) is 1. The second-order valence-electron chi connectivity index (χ2n) is 5.47. The Morgan fingerprint density at radius 3 is 2.74 bits per heavy atom. The highest BCUT2D eigenvalue weighted by atomic mass is 16.5. The van der Waals surface area contributed by atoms with Crippen molar-refractivity contribution in [1.29, 1.82) is 0 Å². The largest absolute Gasteiger partial charge is 0.382 e. The molecule has 0 amide bonds. The Bertz CT molecular complexity index is 554. The number of nitrogens with one attached hydrogen (secondary N) is 1. The van der Waals surface area contributed by atoms with Gasteiger partial charge >= 0.3 is 0 Å². The van der Waals surface area contributed by atoms with Crippen LogP contribution in [0.3, 0.4) is 0 Å². The molecule has 1 saturated heterocycles. The summed E-state index contributed by atoms with van der Waals surface area (Å²) in [5, 5.41) is 6.09. The molecule has 3 nitrogen and oxygen atoms in total. The summed E-state index contributed by atoms with van der Waals surface area (Å²) >= 11 is 0. The molecule has 0 radical (unpaired) electrons. The number of rotatable bonds is 2. The second-order valence-corrected chi connectivity index (χ2v) is 5.47. The van der Waals surface area contributed by atoms with Crippen LogP contribution in [0, 0.1) is 0 Å². The Morgan fingerprint density at radius 1 is 1.16 bits per heavy atom. The fourth-order valence-electron chi connectivity index (χ4n) is 2.98. The average molecular weight is 256 g/mol. The monoisotopic (exact) mass is 256 g/mol. The summed E-state index contributed by atoms with van der Waals surface area (Å²) in [6.45, 7) is 4.30. The van der Waals surface area contributed by atoms with Gasteiger partial charge in [-0.15, -0.1) is 0 Å². The van der Waals surface area contributed by atoms with Gasteiger partial charge in [0, 0.05) is 29.5 Å². The van der Waals surface area contributed by atoms with Crippen LogP contribution in [0.1, 0.15) is 26.7 Å². The van der Waals surface area contributed by atoms with E-state index in [2.05, 4.69) is 48.4 Å². The third kappa shape index (κ3) is 2.71. The first-order valence-corrected chi connectivity index (χ1v) is 6.97. The Morgan fingerprint density at radius 2 is 1.95 bits per heavy atom. The van der Waals surface area contributed by atoms with Crippen LogP contribution in [0.5, 0.6) is 0 Å². The van der Waals surface area contributed by atoms with Gasteiger partial charge in [-0.2, -0.15) is 0 Å². The summed E-state index contributed by atoms with van der Waals surface area (Å²) in [6.07, 6.45) is 6.54. The second kappa shape index (κ2) is 5.17. The molecule has 2 unspecified atom stereocenters. The van der Waals surface area contributed by atoms with E-state index in [0.717, 1.165) is 12.8 Å². The van der Waals surface area contributed by atoms with E-state index >= 15 is 0 Å². The molecule has 100 valence electrons. The number of ether oxygens (including phenoxy) is 1. The van der Waals surface area contributed by atoms with Crippen molar-refractivity contribution in [2.24, 2.45) is 0 Å². The number of aromatic nitrogens is 1. The first-order valence-electron chi connectivity index (χ1n) is 6.97. The summed E-state index contributed by atoms with van der Waals surface area (Å²) in [4.78, 5) is 4.23. The molecule has 0 spiro atoms. The molecule has 2 atom stereocenters. The highest BCUT2D eigenvalue weighted by Gasteiger charge is 2.24. The highest BCUT2D eigenvalue weighted by molar-refractivity contribution is 5.93. The maximum atomic E-state index is 5.79. The van der Waals surface area contributed by atoms with Crippen molar-refractivity contribution in [2.75, 3.05) is 5.32 Å². The summed E-state index contributed by atoms with van der Waals surface area (Å²) in [7, 11) is 0. The van der Waals surface area contributed by atoms with E-state index in [4.69, 9.17) is 4.74 Å². The van der Waals surface area contributed by atoms with Gasteiger partial charge in [-0.1, -0.05) is 12.1 Å². The van der Waals surface area contributed by atoms with Gasteiger partial charge in [0.1, 0.15) is 0 Å². The van der Waals surface area contributed by atoms with E-state index in [-0.39, 0.29) is 0 Å². The zero-order valence-electron chi connectivity index (χ0n) is 11.5. The van der Waals surface area contributed by atoms with Gasteiger partial charge in [0.25, 0.3) is 0 Å². The molecule has 1 aliphatic heterocycles. The zero-order valence-corrected chi connectivity index (χ0v) is 11.5. The number of fused-ring (bicyclic) bond motifs is 1. The van der Waals surface area contributed by atoms with Gasteiger partial charge in [0.2, 0.25) is 0 Å². The average Bonchev–Trinajstić information content (AvgIpc) is 2.38. The van der Waals surface area contributed by atoms with E-state index < -0.39 is 0 Å². The van der Waals surface area contributed by atoms with E-state index in [1.165, 1.54) is 16.5 Å². The van der Waals surface area contributed by atoms with Crippen molar-refractivity contribution in [2.45, 2.75) is 44.9 Å². The van der Waals surface area contributed by atoms with Crippen molar-refractivity contribution in [3.8, 4) is 0 Å². The van der Waals surface area contributed by atoms with Gasteiger partial charge in [0.15, 0.2) is 0 Å². The summed E-state index contributed by atoms with van der Waals surface area (Å²) in [6, 6.07) is 8.88. The zero-order chi connectivity index (χ0) is 13.2. The Labute approximate surface area is 114 Å². The van der Waals surface area contributed by atoms with Gasteiger partial charge in [-0.25, -0.2) is 0 Å². The van der Waals surface area contributed by atoms with Crippen LogP contribution in [-0.4, -0.2) is 23.2 Å². The van der Waals surface area contributed by atoms with Crippen molar-refractivity contribution in [1.82, 2.24) is 4.98 Å². The van der Waals surface area contributed by atoms with Crippen LogP contribution in [0.25, 0.3) is 10.8 Å². The van der Waals surface area contributed by atoms with Crippen molar-refractivity contribution in [3.05, 3.63) is 36.7 Å². The van der Waals surface area contributed by atoms with Gasteiger partial charge < -0.3 is 10.1 Å². The minimum Gasteiger partial charge on any atom is -0.382 e. The molecule has 1 aromatic carbocycles. The van der Waals surface area contributed by atoms with E-state index in [0.29, 0.717) is 18.2 Å². The van der Waals surface area contributed by atoms with Gasteiger partial charge in [-0.05, 0) is 44.2 Å². The molecule has 2 aromatic rings. The fourth-order valence-corrected chi connectivity index (χ4v) is 2.98. The quantitative estimate of drug-likeness (QED) is 0.891. The topological polar surface area (TPSA) is 34.2 Å². The molecular weight excluding hydrogens is 236 g/mol. The molecule has 0 aliphatic carbocycles. The molecule has 1 fully saturated rings. The molecule has 0 bridgehead atoms. The van der Waals surface area contributed by atoms with Crippen molar-refractivity contribution in [3.63, 3.8) is 0 Å². The predicted octanol–water partition coefficient (Wildman–Crippen LogP) is 3.60. The molecule has 3 heteroatoms. The number of benzene rings is 1. The summed E-state index contributed by atoms with van der Waals surface area (Å²) < 4.78 is 5.79. The predicted molar refractivity (Wildman–Crippen MR) is 78.4 cm³/mol. The van der Waals surface area contributed by atoms with Crippen molar-refractivity contribution < 1.29 is 4.74 Å². The standard InChI is InChI=1S/C16H20N2O/c1-11-8-14(9-12(2)19-11)18-16-5-3-4-13-6-7-17-10-15(13)16/h3-7,10-12,14,18H,8-9H2,1-2H3. The molecule has 1 aliphatic rings. The molecular formula is C16H20N2O. The first-order chi connectivity index (χ1) is 9.22. The van der Waals surface area contributed by atoms with E-state index in [1.54, 1.807) is 0 Å². The van der Waals surface area contributed by atoms with E-state index in [9.17, 15) is 0 Å². The van der Waals surface area contributed by atoms with Gasteiger partial charge in [-0.3, -0.25) is 4.98 Å². The number of hydrogen-bond donors (Lipinski definition) is 1. The first kappa shape index (κ1) is 12.4. The molecule has 1 N–H and O–H groups in total. The highest BCUT2D eigenvalue weighted by Crippen LogP contribution is 2.27. The number of anilines is 1. The lowest BCUT2D eigenvalue weighted by Crippen LogP contribution is -2.36. The van der Waals surface area contributed by atoms with Crippen LogP contribution < -0.4 is 5.32 Å². The smallest absolute Gasteiger partial charge is 0.0570 e. The molecule has 1 aromatic heterocycles. The normalized spacial score (nSPS) is 27.4. The molecule has 3 rings (SSSR count). The lowest BCUT2D eigenvalue weighted by atomic mass is 9.99. The molecule has 19 heavy (non-hydrogen) atoms. The third-order valence-electron chi connectivity index (χ3n) is 3.74. The number of hydrogen-bond acceptors (Lipinski definition) is 3. The minimum absolute atomic E-state index is 0.328. The fraction of sp³-hybridized carbons (Fsp3) is 0.438. The Kier molecular flexibility index (Phi) is 3.38. The minimum atomic E-state index is 0.328. The van der Waals surface area contributed by atoms with Crippen LogP contribution in [0.2, 0.25) is 0 Å². The van der Waals surface area contributed by atoms with Crippen LogP contribution in [-0.2, 0) is 4.74 Å². The van der Waals surface area contributed by atoms with Crippen LogP contribution in [0.4, 0.5) is 5.69 Å². The molecule has 2 heterocycles. The molecule has 0 saturated carbocycles. The maximum absolute atomic E-state index is 5.79. The Balaban J connectivity index is 1.85. The van der Waals surface area contributed by atoms with Gasteiger partial charge in [0.05, 0.1) is 12.2 Å². The summed E-state index contributed by atoms with van der Waals surface area (Å²) in [5.74, 6) is 0. The van der Waals surface area contributed by atoms with Crippen LogP contribution in [0.15, 0.2) is 36.7 Å². The lowest BCUT2D eigenvalue weighted by Gasteiger charge is -2.33. The van der Waals surface area contributed by atoms with E-state index in [1.807, 2.05) is 12.4 Å². The third-order valence-corrected chi connectivity index (χ3v) is 3.74. The summed E-state index contributed by atoms with van der Waals surface area (Å²) in [5.41, 5.74) is 1.18. The SMILES string of the molecule is CC1CC(Nc2cccc3ccncc23)CC(C)O1. The van der Waals surface area contributed by atoms with Crippen molar-refractivity contribution >= 4 is 16.5 Å². The lowest BCUT2D eigenvalue weighted by molar-refractivity contribution is -0.0337. The Hall–Kier alpha value is -1.61. The number of pyridine rings is 1. The maximum Gasteiger partial charge on any atom is 0.0570 e. The van der Waals surface area contributed by atoms with Crippen LogP contribution >= 0.6 is 0 Å².